The number of quaternary nitrogens is 1. The molecule has 0 saturated carbocycles. The molecule has 0 spiro atoms. The van der Waals surface area contributed by atoms with Crippen molar-refractivity contribution in [1.82, 2.24) is 4.90 Å². The van der Waals surface area contributed by atoms with Crippen molar-refractivity contribution in [2.24, 2.45) is 0 Å². The lowest BCUT2D eigenvalue weighted by molar-refractivity contribution is -0.895. The normalized spacial score (nSPS) is 14.5. The molecule has 1 aliphatic rings. The Bertz CT molecular complexity index is 851. The number of ether oxygens (including phenoxy) is 1. The zero-order chi connectivity index (χ0) is 20.6. The largest absolute Gasteiger partial charge is 0.484 e. The minimum atomic E-state index is -0.0768. The maximum absolute atomic E-state index is 12.4. The molecule has 1 saturated heterocycles. The summed E-state index contributed by atoms with van der Waals surface area (Å²) in [7, 11) is 0. The van der Waals surface area contributed by atoms with Gasteiger partial charge in [-0.05, 0) is 36.2 Å². The molecule has 0 bridgehead atoms. The van der Waals surface area contributed by atoms with Gasteiger partial charge in [-0.25, -0.2) is 0 Å². The number of carbonyl (C=O) groups is 2. The van der Waals surface area contributed by atoms with Crippen LogP contribution in [0.25, 0.3) is 0 Å². The molecule has 0 unspecified atom stereocenters. The van der Waals surface area contributed by atoms with Crippen molar-refractivity contribution in [3.63, 3.8) is 0 Å². The van der Waals surface area contributed by atoms with Crippen molar-refractivity contribution < 1.29 is 19.2 Å². The third kappa shape index (κ3) is 6.21. The minimum Gasteiger partial charge on any atom is -0.484 e. The molecular weight excluding hydrogens is 390 g/mol. The fourth-order valence-corrected chi connectivity index (χ4v) is 3.51. The topological polar surface area (TPSA) is 63.1 Å². The number of hydrogen-bond donors (Lipinski definition) is 2. The molecule has 2 aromatic carbocycles. The van der Waals surface area contributed by atoms with Gasteiger partial charge < -0.3 is 19.9 Å². The van der Waals surface area contributed by atoms with Gasteiger partial charge in [0.25, 0.3) is 11.8 Å². The van der Waals surface area contributed by atoms with Gasteiger partial charge in [-0.3, -0.25) is 9.59 Å². The Morgan fingerprint density at radius 1 is 1.14 bits per heavy atom. The average molecular weight is 417 g/mol. The van der Waals surface area contributed by atoms with Crippen LogP contribution in [0.3, 0.4) is 0 Å². The molecular formula is C22H27ClN3O3+. The predicted molar refractivity (Wildman–Crippen MR) is 114 cm³/mol. The van der Waals surface area contributed by atoms with E-state index in [4.69, 9.17) is 16.3 Å². The molecule has 29 heavy (non-hydrogen) atoms. The molecule has 1 fully saturated rings. The molecule has 0 aromatic heterocycles. The molecule has 6 nitrogen and oxygen atoms in total. The first-order valence-corrected chi connectivity index (χ1v) is 10.3. The second kappa shape index (κ2) is 10.3. The van der Waals surface area contributed by atoms with Crippen molar-refractivity contribution >= 4 is 29.1 Å². The van der Waals surface area contributed by atoms with Crippen molar-refractivity contribution in [2.75, 3.05) is 44.6 Å². The Labute approximate surface area is 176 Å². The van der Waals surface area contributed by atoms with E-state index in [9.17, 15) is 9.59 Å². The molecule has 0 atom stereocenters. The number of aryl methyl sites for hydroxylation is 1. The number of hydrogen-bond acceptors (Lipinski definition) is 3. The van der Waals surface area contributed by atoms with Crippen molar-refractivity contribution in [3.05, 3.63) is 59.1 Å². The van der Waals surface area contributed by atoms with Crippen LogP contribution in [0.2, 0.25) is 5.02 Å². The van der Waals surface area contributed by atoms with Crippen LogP contribution in [0.15, 0.2) is 48.5 Å². The highest BCUT2D eigenvalue weighted by atomic mass is 35.5. The van der Waals surface area contributed by atoms with E-state index >= 15 is 0 Å². The number of nitrogens with zero attached hydrogens (tertiary/aromatic N) is 1. The zero-order valence-corrected chi connectivity index (χ0v) is 17.4. The number of piperazine rings is 1. The monoisotopic (exact) mass is 416 g/mol. The van der Waals surface area contributed by atoms with Crippen LogP contribution in [0.5, 0.6) is 5.75 Å². The Balaban J connectivity index is 1.40. The van der Waals surface area contributed by atoms with E-state index in [2.05, 4.69) is 12.2 Å². The minimum absolute atomic E-state index is 0.0218. The van der Waals surface area contributed by atoms with Crippen molar-refractivity contribution in [3.8, 4) is 5.75 Å². The molecule has 2 aromatic rings. The number of nitrogens with one attached hydrogen (secondary N) is 2. The standard InChI is InChI=1S/C22H26ClN3O3/c1-2-17-6-5-7-18(14-17)29-16-22(28)26-12-10-25(11-13-26)15-21(27)24-20-9-4-3-8-19(20)23/h3-9,14H,2,10-13,15-16H2,1H3,(H,24,27)/p+1. The quantitative estimate of drug-likeness (QED) is 0.721. The van der Waals surface area contributed by atoms with E-state index in [1.807, 2.05) is 36.4 Å². The lowest BCUT2D eigenvalue weighted by Crippen LogP contribution is -3.15. The number of halogens is 1. The van der Waals surface area contributed by atoms with Crippen LogP contribution >= 0.6 is 11.6 Å². The molecule has 0 aliphatic carbocycles. The van der Waals surface area contributed by atoms with E-state index in [0.717, 1.165) is 30.2 Å². The predicted octanol–water partition coefficient (Wildman–Crippen LogP) is 1.65. The molecule has 2 N–H and O–H groups in total. The summed E-state index contributed by atoms with van der Waals surface area (Å²) in [4.78, 5) is 27.7. The third-order valence-corrected chi connectivity index (χ3v) is 5.38. The first-order chi connectivity index (χ1) is 14.0. The number of para-hydroxylation sites is 1. The number of anilines is 1. The molecule has 2 amide bonds. The molecule has 0 radical (unpaired) electrons. The number of rotatable bonds is 7. The maximum Gasteiger partial charge on any atom is 0.279 e. The van der Waals surface area contributed by atoms with E-state index in [-0.39, 0.29) is 18.4 Å². The second-order valence-electron chi connectivity index (χ2n) is 7.13. The number of carbonyl (C=O) groups excluding carboxylic acids is 2. The Morgan fingerprint density at radius 3 is 2.62 bits per heavy atom. The van der Waals surface area contributed by atoms with Crippen LogP contribution in [-0.4, -0.2) is 56.0 Å². The summed E-state index contributed by atoms with van der Waals surface area (Å²) in [6.07, 6.45) is 0.930. The zero-order valence-electron chi connectivity index (χ0n) is 16.6. The maximum atomic E-state index is 12.4. The van der Waals surface area contributed by atoms with Crippen LogP contribution < -0.4 is 15.0 Å². The smallest absolute Gasteiger partial charge is 0.279 e. The summed E-state index contributed by atoms with van der Waals surface area (Å²) >= 11 is 6.08. The highest BCUT2D eigenvalue weighted by molar-refractivity contribution is 6.33. The van der Waals surface area contributed by atoms with Gasteiger partial charge in [0, 0.05) is 0 Å². The fourth-order valence-electron chi connectivity index (χ4n) is 3.32. The van der Waals surface area contributed by atoms with Crippen LogP contribution in [0.1, 0.15) is 12.5 Å². The highest BCUT2D eigenvalue weighted by Gasteiger charge is 2.25. The van der Waals surface area contributed by atoms with Gasteiger partial charge in [-0.15, -0.1) is 0 Å². The van der Waals surface area contributed by atoms with Gasteiger partial charge in [-0.2, -0.15) is 0 Å². The van der Waals surface area contributed by atoms with Crippen molar-refractivity contribution in [2.45, 2.75) is 13.3 Å². The Kier molecular flexibility index (Phi) is 7.49. The summed E-state index contributed by atoms with van der Waals surface area (Å²) in [5.41, 5.74) is 1.80. The summed E-state index contributed by atoms with van der Waals surface area (Å²) in [5, 5.41) is 3.37. The first-order valence-electron chi connectivity index (χ1n) is 9.92. The van der Waals surface area contributed by atoms with E-state index in [1.165, 1.54) is 5.56 Å². The van der Waals surface area contributed by atoms with Crippen LogP contribution in [0.4, 0.5) is 5.69 Å². The molecule has 3 rings (SSSR count). The fraction of sp³-hybridized carbons (Fsp3) is 0.364. The van der Waals surface area contributed by atoms with E-state index < -0.39 is 0 Å². The summed E-state index contributed by atoms with van der Waals surface area (Å²) in [5.74, 6) is 0.622. The number of amides is 2. The SMILES string of the molecule is CCc1cccc(OCC(=O)N2CC[NH+](CC(=O)Nc3ccccc3Cl)CC2)c1. The van der Waals surface area contributed by atoms with Gasteiger partial charge in [0.1, 0.15) is 5.75 Å². The van der Waals surface area contributed by atoms with Gasteiger partial charge in [0.15, 0.2) is 13.2 Å². The second-order valence-corrected chi connectivity index (χ2v) is 7.53. The van der Waals surface area contributed by atoms with E-state index in [1.54, 1.807) is 17.0 Å². The molecule has 1 aliphatic heterocycles. The van der Waals surface area contributed by atoms with Crippen LogP contribution in [-0.2, 0) is 16.0 Å². The van der Waals surface area contributed by atoms with E-state index in [0.29, 0.717) is 30.3 Å². The Hall–Kier alpha value is -2.57. The Morgan fingerprint density at radius 2 is 1.90 bits per heavy atom. The lowest BCUT2D eigenvalue weighted by Gasteiger charge is -2.31. The average Bonchev–Trinajstić information content (AvgIpc) is 2.74. The van der Waals surface area contributed by atoms with Gasteiger partial charge in [0.05, 0.1) is 36.9 Å². The van der Waals surface area contributed by atoms with Crippen LogP contribution in [0, 0.1) is 0 Å². The highest BCUT2D eigenvalue weighted by Crippen LogP contribution is 2.20. The summed E-state index contributed by atoms with van der Waals surface area (Å²) in [6.45, 7) is 5.17. The molecule has 7 heteroatoms. The third-order valence-electron chi connectivity index (χ3n) is 5.05. The molecule has 154 valence electrons. The summed E-state index contributed by atoms with van der Waals surface area (Å²) < 4.78 is 5.66. The first kappa shape index (κ1) is 21.1. The summed E-state index contributed by atoms with van der Waals surface area (Å²) in [6, 6.07) is 15.0. The van der Waals surface area contributed by atoms with Crippen molar-refractivity contribution in [1.29, 1.82) is 0 Å². The van der Waals surface area contributed by atoms with Gasteiger partial charge >= 0.3 is 0 Å². The molecule has 1 heterocycles. The number of benzene rings is 2. The van der Waals surface area contributed by atoms with Gasteiger partial charge in [-0.1, -0.05) is 42.8 Å². The lowest BCUT2D eigenvalue weighted by atomic mass is 10.2. The van der Waals surface area contributed by atoms with Gasteiger partial charge in [0.2, 0.25) is 0 Å².